The van der Waals surface area contributed by atoms with Crippen LogP contribution in [0.2, 0.25) is 0 Å². The zero-order chi connectivity index (χ0) is 12.2. The Kier molecular flexibility index (Phi) is 2.03. The van der Waals surface area contributed by atoms with Gasteiger partial charge in [0.05, 0.1) is 6.04 Å². The Hall–Kier alpha value is -1.82. The van der Waals surface area contributed by atoms with E-state index in [4.69, 9.17) is 5.73 Å². The average molecular weight is 235 g/mol. The van der Waals surface area contributed by atoms with Gasteiger partial charge in [0, 0.05) is 31.4 Å². The molecule has 2 atom stereocenters. The number of carbonyl (C=O) groups excluding carboxylic acids is 1. The van der Waals surface area contributed by atoms with Gasteiger partial charge in [-0.15, -0.1) is 0 Å². The minimum Gasteiger partial charge on any atom is -0.503 e. The van der Waals surface area contributed by atoms with E-state index in [1.807, 2.05) is 0 Å². The van der Waals surface area contributed by atoms with Crippen LogP contribution in [0.3, 0.4) is 0 Å². The molecule has 1 amide bonds. The van der Waals surface area contributed by atoms with Gasteiger partial charge in [-0.1, -0.05) is 0 Å². The molecule has 3 heterocycles. The van der Waals surface area contributed by atoms with Crippen LogP contribution in [0.15, 0.2) is 17.1 Å². The predicted molar refractivity (Wildman–Crippen MR) is 59.8 cm³/mol. The first-order valence-corrected chi connectivity index (χ1v) is 5.58. The molecular formula is C11H13N3O3. The predicted octanol–water partition coefficient (Wildman–Crippen LogP) is -0.891. The molecule has 0 aliphatic carbocycles. The minimum absolute atomic E-state index is 0.0306. The van der Waals surface area contributed by atoms with E-state index in [9.17, 15) is 14.7 Å². The molecule has 17 heavy (non-hydrogen) atoms. The lowest BCUT2D eigenvalue weighted by Gasteiger charge is -2.34. The van der Waals surface area contributed by atoms with Crippen molar-refractivity contribution in [3.63, 3.8) is 0 Å². The zero-order valence-electron chi connectivity index (χ0n) is 9.17. The van der Waals surface area contributed by atoms with Crippen LogP contribution in [-0.2, 0) is 6.54 Å². The highest BCUT2D eigenvalue weighted by atomic mass is 16.3. The van der Waals surface area contributed by atoms with Crippen molar-refractivity contribution in [1.29, 1.82) is 0 Å². The van der Waals surface area contributed by atoms with Gasteiger partial charge < -0.3 is 20.3 Å². The van der Waals surface area contributed by atoms with Crippen LogP contribution in [0.5, 0.6) is 5.75 Å². The lowest BCUT2D eigenvalue weighted by Crippen LogP contribution is -2.50. The van der Waals surface area contributed by atoms with E-state index in [0.29, 0.717) is 13.1 Å². The average Bonchev–Trinajstić information content (AvgIpc) is 2.67. The lowest BCUT2D eigenvalue weighted by atomic mass is 10.1. The summed E-state index contributed by atoms with van der Waals surface area (Å²) in [6, 6.07) is 1.20. The lowest BCUT2D eigenvalue weighted by molar-refractivity contribution is 0.0652. The van der Waals surface area contributed by atoms with Crippen LogP contribution in [0.25, 0.3) is 0 Å². The summed E-state index contributed by atoms with van der Waals surface area (Å²) in [6.45, 7) is 1.13. The Labute approximate surface area is 97.3 Å². The van der Waals surface area contributed by atoms with Gasteiger partial charge in [0.25, 0.3) is 5.91 Å². The summed E-state index contributed by atoms with van der Waals surface area (Å²) in [7, 11) is 0. The third-order valence-electron chi connectivity index (χ3n) is 3.60. The van der Waals surface area contributed by atoms with Crippen molar-refractivity contribution in [3.8, 4) is 5.75 Å². The van der Waals surface area contributed by atoms with E-state index in [1.165, 1.54) is 12.3 Å². The zero-order valence-corrected chi connectivity index (χ0v) is 9.17. The smallest absolute Gasteiger partial charge is 0.274 e. The van der Waals surface area contributed by atoms with Crippen LogP contribution >= 0.6 is 0 Å². The highest BCUT2D eigenvalue weighted by Gasteiger charge is 2.41. The molecule has 1 fully saturated rings. The standard InChI is InChI=1S/C11H13N3O3/c12-6-1-4-14-7(6)5-13-3-2-8(15)10(16)9(13)11(14)17/h2-3,6-7,16H,1,4-5,12H2/t6?,7-/m1/s1. The van der Waals surface area contributed by atoms with Crippen LogP contribution in [0.4, 0.5) is 0 Å². The summed E-state index contributed by atoms with van der Waals surface area (Å²) in [5.41, 5.74) is 5.51. The number of pyridine rings is 1. The molecule has 2 aliphatic rings. The number of nitrogens with zero attached hydrogens (tertiary/aromatic N) is 2. The maximum atomic E-state index is 12.2. The van der Waals surface area contributed by atoms with Gasteiger partial charge in [0.2, 0.25) is 5.43 Å². The molecule has 1 saturated heterocycles. The van der Waals surface area contributed by atoms with Gasteiger partial charge >= 0.3 is 0 Å². The van der Waals surface area contributed by atoms with Crippen molar-refractivity contribution in [3.05, 3.63) is 28.2 Å². The molecule has 6 heteroatoms. The fourth-order valence-electron chi connectivity index (χ4n) is 2.64. The molecule has 0 spiro atoms. The Morgan fingerprint density at radius 1 is 1.41 bits per heavy atom. The molecule has 6 nitrogen and oxygen atoms in total. The molecule has 3 N–H and O–H groups in total. The van der Waals surface area contributed by atoms with Crippen LogP contribution in [0, 0.1) is 0 Å². The first-order valence-electron chi connectivity index (χ1n) is 5.58. The summed E-state index contributed by atoms with van der Waals surface area (Å²) in [5.74, 6) is -0.763. The van der Waals surface area contributed by atoms with E-state index in [1.54, 1.807) is 9.47 Å². The molecule has 2 aliphatic heterocycles. The highest BCUT2D eigenvalue weighted by Crippen LogP contribution is 2.28. The maximum absolute atomic E-state index is 12.2. The number of hydrogen-bond acceptors (Lipinski definition) is 4. The molecular weight excluding hydrogens is 222 g/mol. The maximum Gasteiger partial charge on any atom is 0.274 e. The number of fused-ring (bicyclic) bond motifs is 2. The van der Waals surface area contributed by atoms with E-state index >= 15 is 0 Å². The topological polar surface area (TPSA) is 88.6 Å². The molecule has 90 valence electrons. The molecule has 0 radical (unpaired) electrons. The van der Waals surface area contributed by atoms with Crippen molar-refractivity contribution in [2.45, 2.75) is 25.0 Å². The van der Waals surface area contributed by atoms with Gasteiger partial charge in [-0.25, -0.2) is 0 Å². The Morgan fingerprint density at radius 3 is 2.94 bits per heavy atom. The molecule has 3 rings (SSSR count). The van der Waals surface area contributed by atoms with Gasteiger partial charge in [0.15, 0.2) is 11.4 Å². The summed E-state index contributed by atoms with van der Waals surface area (Å²) in [4.78, 5) is 25.2. The second-order valence-corrected chi connectivity index (χ2v) is 4.55. The molecule has 1 aromatic rings. The largest absolute Gasteiger partial charge is 0.503 e. The molecule has 1 aromatic heterocycles. The van der Waals surface area contributed by atoms with E-state index in [0.717, 1.165) is 6.42 Å². The fraction of sp³-hybridized carbons (Fsp3) is 0.455. The second-order valence-electron chi connectivity index (χ2n) is 4.55. The minimum atomic E-state index is -0.522. The van der Waals surface area contributed by atoms with E-state index in [2.05, 4.69) is 0 Å². The number of nitrogens with two attached hydrogens (primary N) is 1. The number of aromatic nitrogens is 1. The summed E-state index contributed by atoms with van der Waals surface area (Å²) < 4.78 is 1.62. The summed E-state index contributed by atoms with van der Waals surface area (Å²) in [6.07, 6.45) is 2.30. The fourth-order valence-corrected chi connectivity index (χ4v) is 2.64. The van der Waals surface area contributed by atoms with Crippen LogP contribution in [0.1, 0.15) is 16.9 Å². The second kappa shape index (κ2) is 3.33. The number of hydrogen-bond donors (Lipinski definition) is 2. The van der Waals surface area contributed by atoms with Gasteiger partial charge in [0.1, 0.15) is 0 Å². The molecule has 0 bridgehead atoms. The monoisotopic (exact) mass is 235 g/mol. The normalized spacial score (nSPS) is 26.9. The highest BCUT2D eigenvalue weighted by molar-refractivity contribution is 5.96. The quantitative estimate of drug-likeness (QED) is 0.610. The van der Waals surface area contributed by atoms with E-state index < -0.39 is 11.2 Å². The number of rotatable bonds is 0. The SMILES string of the molecule is NC1CCN2C(=O)c3c(O)c(=O)ccn3C[C@H]12. The Morgan fingerprint density at radius 2 is 2.18 bits per heavy atom. The third kappa shape index (κ3) is 1.30. The van der Waals surface area contributed by atoms with Crippen molar-refractivity contribution in [1.82, 2.24) is 9.47 Å². The van der Waals surface area contributed by atoms with E-state index in [-0.39, 0.29) is 23.7 Å². The molecule has 0 saturated carbocycles. The van der Waals surface area contributed by atoms with Crippen molar-refractivity contribution in [2.75, 3.05) is 6.54 Å². The van der Waals surface area contributed by atoms with Crippen molar-refractivity contribution >= 4 is 5.91 Å². The first-order chi connectivity index (χ1) is 8.09. The number of carbonyl (C=O) groups is 1. The van der Waals surface area contributed by atoms with Crippen molar-refractivity contribution < 1.29 is 9.90 Å². The van der Waals surface area contributed by atoms with Crippen LogP contribution in [-0.4, -0.2) is 39.1 Å². The van der Waals surface area contributed by atoms with Gasteiger partial charge in [-0.2, -0.15) is 0 Å². The Balaban J connectivity index is 2.16. The first kappa shape index (κ1) is 10.3. The van der Waals surface area contributed by atoms with Crippen LogP contribution < -0.4 is 11.2 Å². The van der Waals surface area contributed by atoms with Gasteiger partial charge in [-0.05, 0) is 6.42 Å². The van der Waals surface area contributed by atoms with Crippen molar-refractivity contribution in [2.24, 2.45) is 5.73 Å². The van der Waals surface area contributed by atoms with Gasteiger partial charge in [-0.3, -0.25) is 9.59 Å². The molecule has 0 aromatic carbocycles. The summed E-state index contributed by atoms with van der Waals surface area (Å²) in [5, 5.41) is 9.69. The summed E-state index contributed by atoms with van der Waals surface area (Å²) >= 11 is 0. The number of aromatic hydroxyl groups is 1. The number of amides is 1. The molecule has 1 unspecified atom stereocenters. The Bertz CT molecular complexity index is 551. The third-order valence-corrected chi connectivity index (χ3v) is 3.60.